The molecule has 5 nitrogen and oxygen atoms in total. The molecule has 0 aliphatic carbocycles. The smallest absolute Gasteiger partial charge is 0.198 e. The van der Waals surface area contributed by atoms with Gasteiger partial charge in [-0.2, -0.15) is 0 Å². The number of nitrogens with one attached hydrogen (secondary N) is 1. The lowest BCUT2D eigenvalue weighted by Crippen LogP contribution is -2.05. The zero-order valence-electron chi connectivity index (χ0n) is 10.0. The summed E-state index contributed by atoms with van der Waals surface area (Å²) in [4.78, 5) is 13.2. The van der Waals surface area contributed by atoms with Crippen LogP contribution in [-0.2, 0) is 13.5 Å². The van der Waals surface area contributed by atoms with Gasteiger partial charge in [-0.1, -0.05) is 6.92 Å². The van der Waals surface area contributed by atoms with Crippen LogP contribution in [0.25, 0.3) is 11.6 Å². The summed E-state index contributed by atoms with van der Waals surface area (Å²) >= 11 is 3.50. The summed E-state index contributed by atoms with van der Waals surface area (Å²) in [5, 5.41) is 3.06. The van der Waals surface area contributed by atoms with Crippen LogP contribution in [0, 0.1) is 0 Å². The fourth-order valence-electron chi connectivity index (χ4n) is 1.57. The molecule has 0 saturated carbocycles. The fraction of sp³-hybridized carbons (Fsp3) is 0.364. The molecule has 0 saturated heterocycles. The van der Waals surface area contributed by atoms with E-state index in [0.717, 1.165) is 28.2 Å². The summed E-state index contributed by atoms with van der Waals surface area (Å²) in [5.41, 5.74) is 0.974. The van der Waals surface area contributed by atoms with Crippen LogP contribution in [0.3, 0.4) is 0 Å². The van der Waals surface area contributed by atoms with Crippen molar-refractivity contribution in [1.82, 2.24) is 19.5 Å². The number of rotatable bonds is 3. The van der Waals surface area contributed by atoms with E-state index >= 15 is 0 Å². The van der Waals surface area contributed by atoms with Crippen molar-refractivity contribution in [2.45, 2.75) is 13.3 Å². The highest BCUT2D eigenvalue weighted by atomic mass is 79.9. The van der Waals surface area contributed by atoms with Crippen LogP contribution in [0.5, 0.6) is 0 Å². The molecule has 1 N–H and O–H groups in total. The predicted octanol–water partition coefficient (Wildman–Crippen LogP) is 2.24. The molecule has 6 heteroatoms. The van der Waals surface area contributed by atoms with Crippen LogP contribution in [0.4, 0.5) is 5.82 Å². The molecular weight excluding hydrogens is 282 g/mol. The summed E-state index contributed by atoms with van der Waals surface area (Å²) in [6.07, 6.45) is 4.46. The molecule has 0 unspecified atom stereocenters. The Morgan fingerprint density at radius 3 is 2.71 bits per heavy atom. The molecule has 2 aromatic rings. The van der Waals surface area contributed by atoms with Gasteiger partial charge in [0.15, 0.2) is 11.6 Å². The second-order valence-corrected chi connectivity index (χ2v) is 4.41. The number of aromatic nitrogens is 4. The van der Waals surface area contributed by atoms with Gasteiger partial charge >= 0.3 is 0 Å². The second kappa shape index (κ2) is 4.83. The van der Waals surface area contributed by atoms with Gasteiger partial charge in [0.1, 0.15) is 5.82 Å². The van der Waals surface area contributed by atoms with Crippen LogP contribution < -0.4 is 5.32 Å². The molecule has 2 aromatic heterocycles. The molecule has 0 bridgehead atoms. The summed E-state index contributed by atoms with van der Waals surface area (Å²) in [5.74, 6) is 2.19. The van der Waals surface area contributed by atoms with Crippen molar-refractivity contribution in [1.29, 1.82) is 0 Å². The second-order valence-electron chi connectivity index (χ2n) is 3.62. The Bertz CT molecular complexity index is 509. The highest BCUT2D eigenvalue weighted by Crippen LogP contribution is 2.26. The first-order valence-corrected chi connectivity index (χ1v) is 6.18. The Labute approximate surface area is 108 Å². The Hall–Kier alpha value is -1.43. The molecule has 0 aromatic carbocycles. The molecule has 0 spiro atoms. The highest BCUT2D eigenvalue weighted by molar-refractivity contribution is 9.10. The topological polar surface area (TPSA) is 55.6 Å². The third-order valence-electron chi connectivity index (χ3n) is 2.51. The minimum Gasteiger partial charge on any atom is -0.372 e. The number of halogens is 1. The highest BCUT2D eigenvalue weighted by Gasteiger charge is 2.13. The van der Waals surface area contributed by atoms with E-state index in [1.54, 1.807) is 6.20 Å². The molecule has 0 aliphatic rings. The van der Waals surface area contributed by atoms with Crippen molar-refractivity contribution >= 4 is 21.7 Å². The maximum atomic E-state index is 4.52. The molecule has 0 amide bonds. The number of nitrogens with zero attached hydrogens (tertiary/aromatic N) is 4. The van der Waals surface area contributed by atoms with E-state index in [4.69, 9.17) is 0 Å². The SMILES string of the molecule is CCc1nc(-c2nccn2C)nc(NC)c1Br. The first kappa shape index (κ1) is 12.0. The lowest BCUT2D eigenvalue weighted by Gasteiger charge is -2.09. The van der Waals surface area contributed by atoms with Gasteiger partial charge in [-0.25, -0.2) is 15.0 Å². The standard InChI is InChI=1S/C11H14BrN5/c1-4-7-8(12)9(13-2)16-10(15-7)11-14-5-6-17(11)3/h5-6H,4H2,1-3H3,(H,13,15,16). The number of aryl methyl sites for hydroxylation is 2. The predicted molar refractivity (Wildman–Crippen MR) is 70.9 cm³/mol. The van der Waals surface area contributed by atoms with E-state index in [0.29, 0.717) is 5.82 Å². The van der Waals surface area contributed by atoms with E-state index in [9.17, 15) is 0 Å². The van der Waals surface area contributed by atoms with Crippen LogP contribution in [0.15, 0.2) is 16.9 Å². The minimum atomic E-state index is 0.641. The molecule has 0 radical (unpaired) electrons. The maximum Gasteiger partial charge on any atom is 0.198 e. The van der Waals surface area contributed by atoms with Gasteiger partial charge in [0, 0.05) is 26.5 Å². The third kappa shape index (κ3) is 2.17. The van der Waals surface area contributed by atoms with Crippen LogP contribution in [0.1, 0.15) is 12.6 Å². The fourth-order valence-corrected chi connectivity index (χ4v) is 2.23. The number of imidazole rings is 1. The van der Waals surface area contributed by atoms with Crippen molar-refractivity contribution in [3.8, 4) is 11.6 Å². The summed E-state index contributed by atoms with van der Waals surface area (Å²) < 4.78 is 2.82. The van der Waals surface area contributed by atoms with Crippen molar-refractivity contribution in [3.63, 3.8) is 0 Å². The Balaban J connectivity index is 2.60. The third-order valence-corrected chi connectivity index (χ3v) is 3.35. The molecule has 17 heavy (non-hydrogen) atoms. The summed E-state index contributed by atoms with van der Waals surface area (Å²) in [6, 6.07) is 0. The Morgan fingerprint density at radius 1 is 1.41 bits per heavy atom. The first-order chi connectivity index (χ1) is 8.17. The lowest BCUT2D eigenvalue weighted by molar-refractivity contribution is 0.893. The van der Waals surface area contributed by atoms with Crippen LogP contribution >= 0.6 is 15.9 Å². The van der Waals surface area contributed by atoms with Gasteiger partial charge in [0.05, 0.1) is 10.2 Å². The average Bonchev–Trinajstić information content (AvgIpc) is 2.76. The zero-order valence-corrected chi connectivity index (χ0v) is 11.6. The van der Waals surface area contributed by atoms with Crippen LogP contribution in [-0.4, -0.2) is 26.6 Å². The van der Waals surface area contributed by atoms with E-state index in [-0.39, 0.29) is 0 Å². The summed E-state index contributed by atoms with van der Waals surface area (Å²) in [7, 11) is 3.77. The average molecular weight is 296 g/mol. The first-order valence-electron chi connectivity index (χ1n) is 5.39. The summed E-state index contributed by atoms with van der Waals surface area (Å²) in [6.45, 7) is 2.06. The molecule has 0 atom stereocenters. The molecule has 2 rings (SSSR count). The monoisotopic (exact) mass is 295 g/mol. The van der Waals surface area contributed by atoms with Crippen molar-refractivity contribution < 1.29 is 0 Å². The van der Waals surface area contributed by atoms with Crippen molar-refractivity contribution in [2.24, 2.45) is 7.05 Å². The zero-order chi connectivity index (χ0) is 12.4. The van der Waals surface area contributed by atoms with Gasteiger partial charge in [0.25, 0.3) is 0 Å². The van der Waals surface area contributed by atoms with E-state index in [1.807, 2.05) is 24.9 Å². The number of hydrogen-bond acceptors (Lipinski definition) is 4. The quantitative estimate of drug-likeness (QED) is 0.944. The lowest BCUT2D eigenvalue weighted by atomic mass is 10.3. The van der Waals surface area contributed by atoms with E-state index in [2.05, 4.69) is 43.1 Å². The Kier molecular flexibility index (Phi) is 3.42. The molecule has 2 heterocycles. The molecule has 0 fully saturated rings. The van der Waals surface area contributed by atoms with Gasteiger partial charge in [0.2, 0.25) is 0 Å². The van der Waals surface area contributed by atoms with Crippen molar-refractivity contribution in [3.05, 3.63) is 22.6 Å². The van der Waals surface area contributed by atoms with Gasteiger partial charge in [-0.3, -0.25) is 0 Å². The van der Waals surface area contributed by atoms with Gasteiger partial charge in [-0.15, -0.1) is 0 Å². The van der Waals surface area contributed by atoms with E-state index < -0.39 is 0 Å². The normalized spacial score (nSPS) is 10.6. The molecular formula is C11H14BrN5. The molecule has 0 aliphatic heterocycles. The number of anilines is 1. The molecule has 90 valence electrons. The van der Waals surface area contributed by atoms with Gasteiger partial charge in [-0.05, 0) is 22.4 Å². The Morgan fingerprint density at radius 2 is 2.18 bits per heavy atom. The minimum absolute atomic E-state index is 0.641. The maximum absolute atomic E-state index is 4.52. The van der Waals surface area contributed by atoms with E-state index in [1.165, 1.54) is 0 Å². The van der Waals surface area contributed by atoms with Crippen LogP contribution in [0.2, 0.25) is 0 Å². The van der Waals surface area contributed by atoms with Gasteiger partial charge < -0.3 is 9.88 Å². The number of hydrogen-bond donors (Lipinski definition) is 1. The van der Waals surface area contributed by atoms with Crippen molar-refractivity contribution in [2.75, 3.05) is 12.4 Å². The largest absolute Gasteiger partial charge is 0.372 e.